The lowest BCUT2D eigenvalue weighted by Gasteiger charge is -2.38. The molecule has 1 aromatic rings. The molecule has 1 aliphatic heterocycles. The van der Waals surface area contributed by atoms with Crippen molar-refractivity contribution in [2.45, 2.75) is 50.8 Å². The summed E-state index contributed by atoms with van der Waals surface area (Å²) >= 11 is 1.67. The summed E-state index contributed by atoms with van der Waals surface area (Å²) < 4.78 is 43.8. The number of aliphatic carboxylic acids is 1. The lowest BCUT2D eigenvalue weighted by molar-refractivity contribution is -0.192. The van der Waals surface area contributed by atoms with Gasteiger partial charge in [0.25, 0.3) is 0 Å². The summed E-state index contributed by atoms with van der Waals surface area (Å²) in [4.78, 5) is 15.8. The average molecular weight is 408 g/mol. The first-order chi connectivity index (χ1) is 12.7. The van der Waals surface area contributed by atoms with Crippen LogP contribution in [-0.4, -0.2) is 65.1 Å². The number of aryl methyl sites for hydroxylation is 1. The van der Waals surface area contributed by atoms with Crippen molar-refractivity contribution >= 4 is 17.3 Å². The van der Waals surface area contributed by atoms with Gasteiger partial charge in [-0.15, -0.1) is 17.9 Å². The molecule has 2 heterocycles. The number of fused-ring (bicyclic) bond motifs is 1. The quantitative estimate of drug-likeness (QED) is 0.756. The molecule has 10 heteroatoms. The summed E-state index contributed by atoms with van der Waals surface area (Å²) in [5.41, 5.74) is 1.04. The molecule has 1 N–H and O–H groups in total. The number of carboxylic acids is 1. The van der Waals surface area contributed by atoms with Crippen LogP contribution in [0.4, 0.5) is 13.2 Å². The summed E-state index contributed by atoms with van der Waals surface area (Å²) in [6.45, 7) is 9.22. The van der Waals surface area contributed by atoms with E-state index in [0.29, 0.717) is 12.6 Å². The fourth-order valence-corrected chi connectivity index (χ4v) is 3.83. The molecule has 1 saturated carbocycles. The number of hydrogen-bond donors (Lipinski definition) is 1. The van der Waals surface area contributed by atoms with Crippen LogP contribution >= 0.6 is 11.3 Å². The Hall–Kier alpha value is -1.49. The van der Waals surface area contributed by atoms with Crippen LogP contribution in [0.3, 0.4) is 0 Å². The normalized spacial score (nSPS) is 25.4. The molecule has 0 amide bonds. The number of carbonyl (C=O) groups is 1. The fraction of sp³-hybridized carbons (Fsp3) is 0.647. The topological polar surface area (TPSA) is 71.9 Å². The predicted octanol–water partition coefficient (Wildman–Crippen LogP) is 3.02. The Morgan fingerprint density at radius 1 is 1.56 bits per heavy atom. The third-order valence-corrected chi connectivity index (χ3v) is 5.19. The van der Waals surface area contributed by atoms with Gasteiger partial charge in [0.15, 0.2) is 0 Å². The van der Waals surface area contributed by atoms with E-state index < -0.39 is 12.1 Å². The second kappa shape index (κ2) is 9.63. The van der Waals surface area contributed by atoms with Crippen LogP contribution in [0.25, 0.3) is 0 Å². The van der Waals surface area contributed by atoms with Crippen molar-refractivity contribution in [1.82, 2.24) is 9.88 Å². The number of carboxylic acid groups (broad SMARTS) is 1. The van der Waals surface area contributed by atoms with E-state index in [1.54, 1.807) is 11.3 Å². The van der Waals surface area contributed by atoms with Crippen LogP contribution in [0.5, 0.6) is 0 Å². The Morgan fingerprint density at radius 2 is 2.26 bits per heavy atom. The van der Waals surface area contributed by atoms with Gasteiger partial charge in [-0.2, -0.15) is 13.2 Å². The maximum Gasteiger partial charge on any atom is 0.490 e. The molecule has 1 saturated heterocycles. The number of hydrogen-bond acceptors (Lipinski definition) is 6. The van der Waals surface area contributed by atoms with E-state index in [0.717, 1.165) is 43.2 Å². The van der Waals surface area contributed by atoms with Crippen molar-refractivity contribution in [1.29, 1.82) is 0 Å². The van der Waals surface area contributed by atoms with Gasteiger partial charge in [-0.25, -0.2) is 9.78 Å². The van der Waals surface area contributed by atoms with Gasteiger partial charge in [-0.1, -0.05) is 6.08 Å². The highest BCUT2D eigenvalue weighted by molar-refractivity contribution is 7.09. The molecule has 0 spiro atoms. The second-order valence-electron chi connectivity index (χ2n) is 6.27. The van der Waals surface area contributed by atoms with Gasteiger partial charge < -0.3 is 14.6 Å². The maximum absolute atomic E-state index is 10.6. The van der Waals surface area contributed by atoms with Crippen LogP contribution in [0.15, 0.2) is 18.0 Å². The van der Waals surface area contributed by atoms with Crippen LogP contribution in [0.1, 0.15) is 23.5 Å². The highest BCUT2D eigenvalue weighted by Gasteiger charge is 2.43. The third kappa shape index (κ3) is 6.27. The van der Waals surface area contributed by atoms with E-state index in [1.807, 2.05) is 13.0 Å². The SMILES string of the molecule is C=CCN1CCO[C@H]2[C@H](OCc3csc(C)n3)CC[C@@H]21.O=C(O)C(F)(F)F. The summed E-state index contributed by atoms with van der Waals surface area (Å²) in [5, 5.41) is 10.3. The van der Waals surface area contributed by atoms with Crippen LogP contribution in [0, 0.1) is 6.92 Å². The summed E-state index contributed by atoms with van der Waals surface area (Å²) in [7, 11) is 0. The largest absolute Gasteiger partial charge is 0.490 e. The van der Waals surface area contributed by atoms with Crippen molar-refractivity contribution in [3.05, 3.63) is 28.7 Å². The number of rotatable bonds is 5. The van der Waals surface area contributed by atoms with Crippen LogP contribution in [0.2, 0.25) is 0 Å². The van der Waals surface area contributed by atoms with E-state index in [4.69, 9.17) is 19.4 Å². The van der Waals surface area contributed by atoms with Crippen molar-refractivity contribution < 1.29 is 32.5 Å². The minimum absolute atomic E-state index is 0.203. The van der Waals surface area contributed by atoms with Crippen LogP contribution in [-0.2, 0) is 20.9 Å². The molecule has 6 nitrogen and oxygen atoms in total. The monoisotopic (exact) mass is 408 g/mol. The van der Waals surface area contributed by atoms with E-state index in [1.165, 1.54) is 0 Å². The molecule has 0 bridgehead atoms. The molecule has 2 fully saturated rings. The molecule has 1 aromatic heterocycles. The van der Waals surface area contributed by atoms with Gasteiger partial charge in [0.1, 0.15) is 0 Å². The molecule has 0 radical (unpaired) electrons. The molecule has 27 heavy (non-hydrogen) atoms. The Morgan fingerprint density at radius 3 is 2.81 bits per heavy atom. The van der Waals surface area contributed by atoms with Gasteiger partial charge in [-0.3, -0.25) is 4.90 Å². The highest BCUT2D eigenvalue weighted by atomic mass is 32.1. The summed E-state index contributed by atoms with van der Waals surface area (Å²) in [6, 6.07) is 0.490. The van der Waals surface area contributed by atoms with Gasteiger partial charge in [0, 0.05) is 24.5 Å². The zero-order chi connectivity index (χ0) is 20.0. The lowest BCUT2D eigenvalue weighted by atomic mass is 10.1. The summed E-state index contributed by atoms with van der Waals surface area (Å²) in [6.07, 6.45) is -0.460. The van der Waals surface area contributed by atoms with Gasteiger partial charge in [0.2, 0.25) is 0 Å². The zero-order valence-corrected chi connectivity index (χ0v) is 15.8. The van der Waals surface area contributed by atoms with Crippen molar-refractivity contribution in [2.75, 3.05) is 19.7 Å². The molecule has 0 unspecified atom stereocenters. The van der Waals surface area contributed by atoms with Crippen LogP contribution < -0.4 is 0 Å². The molecular formula is C17H23F3N2O4S. The van der Waals surface area contributed by atoms with Crippen molar-refractivity contribution in [3.8, 4) is 0 Å². The average Bonchev–Trinajstić information content (AvgIpc) is 3.19. The lowest BCUT2D eigenvalue weighted by Crippen LogP contribution is -2.51. The standard InChI is InChI=1S/C15H22N2O2S.C2HF3O2/c1-3-6-17-7-8-18-15-13(17)4-5-14(15)19-9-12-10-20-11(2)16-12;3-2(4,5)1(6)7/h3,10,13-15H,1,4-9H2,2H3;(H,6,7)/t13-,14+,15+;/m0./s1. The molecule has 3 rings (SSSR count). The first kappa shape index (κ1) is 21.8. The molecular weight excluding hydrogens is 385 g/mol. The van der Waals surface area contributed by atoms with E-state index in [9.17, 15) is 13.2 Å². The first-order valence-corrected chi connectivity index (χ1v) is 9.39. The highest BCUT2D eigenvalue weighted by Crippen LogP contribution is 2.32. The number of aromatic nitrogens is 1. The minimum atomic E-state index is -5.08. The number of nitrogens with zero attached hydrogens (tertiary/aromatic N) is 2. The van der Waals surface area contributed by atoms with E-state index in [-0.39, 0.29) is 12.2 Å². The Kier molecular flexibility index (Phi) is 7.78. The fourth-order valence-electron chi connectivity index (χ4n) is 3.23. The van der Waals surface area contributed by atoms with Crippen molar-refractivity contribution in [2.24, 2.45) is 0 Å². The molecule has 1 aliphatic carbocycles. The first-order valence-electron chi connectivity index (χ1n) is 8.51. The smallest absolute Gasteiger partial charge is 0.475 e. The number of morpholine rings is 1. The second-order valence-corrected chi connectivity index (χ2v) is 7.34. The Balaban J connectivity index is 0.000000321. The summed E-state index contributed by atoms with van der Waals surface area (Å²) in [5.74, 6) is -2.76. The predicted molar refractivity (Wildman–Crippen MR) is 93.7 cm³/mol. The van der Waals surface area contributed by atoms with E-state index >= 15 is 0 Å². The molecule has 3 atom stereocenters. The molecule has 152 valence electrons. The minimum Gasteiger partial charge on any atom is -0.475 e. The number of ether oxygens (including phenoxy) is 2. The number of thiazole rings is 1. The van der Waals surface area contributed by atoms with E-state index in [2.05, 4.69) is 21.8 Å². The third-order valence-electron chi connectivity index (χ3n) is 4.37. The maximum atomic E-state index is 10.6. The van der Waals surface area contributed by atoms with Crippen molar-refractivity contribution in [3.63, 3.8) is 0 Å². The Labute approximate surface area is 159 Å². The van der Waals surface area contributed by atoms with Gasteiger partial charge in [-0.05, 0) is 19.8 Å². The molecule has 0 aromatic carbocycles. The zero-order valence-electron chi connectivity index (χ0n) is 14.9. The van der Waals surface area contributed by atoms with Gasteiger partial charge >= 0.3 is 12.1 Å². The Bertz CT molecular complexity index is 638. The number of alkyl halides is 3. The number of halogens is 3. The van der Waals surface area contributed by atoms with Gasteiger partial charge in [0.05, 0.1) is 36.1 Å². The molecule has 2 aliphatic rings.